The minimum atomic E-state index is -0.450. The van der Waals surface area contributed by atoms with Crippen LogP contribution in [-0.2, 0) is 25.8 Å². The first kappa shape index (κ1) is 40.1. The van der Waals surface area contributed by atoms with Crippen LogP contribution in [0.1, 0.15) is 134 Å². The Hall–Kier alpha value is 0.710. The molecule has 0 saturated heterocycles. The summed E-state index contributed by atoms with van der Waals surface area (Å²) in [4.78, 5) is 0. The molecule has 4 nitrogen and oxygen atoms in total. The Morgan fingerprint density at radius 3 is 0.483 bits per heavy atom. The molecule has 0 aromatic heterocycles. The first-order valence-corrected chi connectivity index (χ1v) is 11.1. The summed E-state index contributed by atoms with van der Waals surface area (Å²) in [5, 5.41) is 36.1. The van der Waals surface area contributed by atoms with Crippen molar-refractivity contribution in [3.8, 4) is 0 Å². The van der Waals surface area contributed by atoms with Gasteiger partial charge in [0.25, 0.3) is 0 Å². The molecule has 0 aliphatic carbocycles. The third-order valence-corrected chi connectivity index (χ3v) is 3.45. The van der Waals surface area contributed by atoms with E-state index in [0.717, 1.165) is 51.4 Å². The molecule has 0 aliphatic rings. The summed E-state index contributed by atoms with van der Waals surface area (Å²) in [6.45, 7) is 22.9. The summed E-state index contributed by atoms with van der Waals surface area (Å²) in [5.74, 6) is 0. The Morgan fingerprint density at radius 2 is 0.483 bits per heavy atom. The molecule has 0 aromatic rings. The van der Waals surface area contributed by atoms with E-state index in [1.165, 1.54) is 0 Å². The summed E-state index contributed by atoms with van der Waals surface area (Å²) < 4.78 is 0. The van der Waals surface area contributed by atoms with Gasteiger partial charge in [-0.05, 0) is 81.1 Å². The van der Waals surface area contributed by atoms with Crippen LogP contribution in [0.2, 0.25) is 0 Å². The molecule has 0 heterocycles. The maximum atomic E-state index is 9.02. The zero-order chi connectivity index (χ0) is 23.7. The van der Waals surface area contributed by atoms with Crippen LogP contribution < -0.4 is 0 Å². The minimum Gasteiger partial charge on any atom is -0.390 e. The molecule has 29 heavy (non-hydrogen) atoms. The van der Waals surface area contributed by atoms with Crippen LogP contribution in [0, 0.1) is 0 Å². The van der Waals surface area contributed by atoms with Gasteiger partial charge >= 0.3 is 0 Å². The SMILES string of the molecule is CCCC(C)(C)O.CCCC(C)(C)O.CCCC(C)(C)O.CCCC(C)(C)O.[Hf]. The topological polar surface area (TPSA) is 80.9 Å². The van der Waals surface area contributed by atoms with Gasteiger partial charge in [-0.3, -0.25) is 0 Å². The van der Waals surface area contributed by atoms with E-state index in [2.05, 4.69) is 27.7 Å². The maximum Gasteiger partial charge on any atom is 0.0591 e. The smallest absolute Gasteiger partial charge is 0.0591 e. The molecular formula is C24H56HfO4. The van der Waals surface area contributed by atoms with Gasteiger partial charge in [-0.1, -0.05) is 53.4 Å². The Bertz CT molecular complexity index is 241. The summed E-state index contributed by atoms with van der Waals surface area (Å²) in [6.07, 6.45) is 7.82. The predicted octanol–water partition coefficient (Wildman–Crippen LogP) is 6.23. The number of rotatable bonds is 8. The van der Waals surface area contributed by atoms with Crippen LogP contribution in [-0.4, -0.2) is 42.8 Å². The van der Waals surface area contributed by atoms with E-state index < -0.39 is 22.4 Å². The van der Waals surface area contributed by atoms with Crippen LogP contribution in [0.4, 0.5) is 0 Å². The van der Waals surface area contributed by atoms with Crippen molar-refractivity contribution in [2.75, 3.05) is 0 Å². The Morgan fingerprint density at radius 1 is 0.379 bits per heavy atom. The quantitative estimate of drug-likeness (QED) is 0.254. The molecule has 5 heteroatoms. The number of hydrogen-bond donors (Lipinski definition) is 4. The Kier molecular flexibility index (Phi) is 28.5. The largest absolute Gasteiger partial charge is 0.390 e. The Balaban J connectivity index is -0.0000000873. The molecule has 0 fully saturated rings. The van der Waals surface area contributed by atoms with E-state index in [1.54, 1.807) is 0 Å². The summed E-state index contributed by atoms with van der Waals surface area (Å²) in [7, 11) is 0. The van der Waals surface area contributed by atoms with Crippen molar-refractivity contribution < 1.29 is 46.3 Å². The van der Waals surface area contributed by atoms with Crippen molar-refractivity contribution in [2.24, 2.45) is 0 Å². The van der Waals surface area contributed by atoms with Crippen molar-refractivity contribution in [1.82, 2.24) is 0 Å². The molecule has 4 N–H and O–H groups in total. The average Bonchev–Trinajstić information content (AvgIpc) is 2.34. The van der Waals surface area contributed by atoms with Crippen LogP contribution in [0.15, 0.2) is 0 Å². The van der Waals surface area contributed by atoms with Crippen molar-refractivity contribution in [2.45, 2.75) is 157 Å². The molecule has 0 spiro atoms. The first-order valence-electron chi connectivity index (χ1n) is 11.1. The van der Waals surface area contributed by atoms with Gasteiger partial charge in [0, 0.05) is 25.8 Å². The van der Waals surface area contributed by atoms with Gasteiger partial charge in [0.05, 0.1) is 22.4 Å². The normalized spacial score (nSPS) is 11.6. The second-order valence-corrected chi connectivity index (χ2v) is 10.2. The molecule has 0 bridgehead atoms. The van der Waals surface area contributed by atoms with Gasteiger partial charge in [-0.25, -0.2) is 0 Å². The van der Waals surface area contributed by atoms with Crippen LogP contribution >= 0.6 is 0 Å². The van der Waals surface area contributed by atoms with Gasteiger partial charge in [0.15, 0.2) is 0 Å². The second-order valence-electron chi connectivity index (χ2n) is 10.2. The van der Waals surface area contributed by atoms with E-state index >= 15 is 0 Å². The molecule has 0 amide bonds. The summed E-state index contributed by atoms with van der Waals surface area (Å²) in [6, 6.07) is 0. The van der Waals surface area contributed by atoms with Gasteiger partial charge < -0.3 is 20.4 Å². The fourth-order valence-corrected chi connectivity index (χ4v) is 2.45. The number of hydrogen-bond acceptors (Lipinski definition) is 4. The van der Waals surface area contributed by atoms with E-state index in [9.17, 15) is 0 Å². The van der Waals surface area contributed by atoms with Crippen molar-refractivity contribution in [1.29, 1.82) is 0 Å². The first-order chi connectivity index (χ1) is 12.2. The van der Waals surface area contributed by atoms with Gasteiger partial charge in [0.2, 0.25) is 0 Å². The molecule has 180 valence electrons. The molecule has 0 atom stereocenters. The van der Waals surface area contributed by atoms with Crippen molar-refractivity contribution in [3.63, 3.8) is 0 Å². The average molecular weight is 587 g/mol. The van der Waals surface area contributed by atoms with Crippen LogP contribution in [0.5, 0.6) is 0 Å². The minimum absolute atomic E-state index is 0. The van der Waals surface area contributed by atoms with Gasteiger partial charge in [0.1, 0.15) is 0 Å². The van der Waals surface area contributed by atoms with E-state index in [1.807, 2.05) is 55.4 Å². The standard InChI is InChI=1S/4C6H14O.Hf/c4*1-4-5-6(2,3)7;/h4*7H,4-5H2,1-3H3;. The van der Waals surface area contributed by atoms with E-state index in [0.29, 0.717) is 0 Å². The third-order valence-electron chi connectivity index (χ3n) is 3.45. The zero-order valence-electron chi connectivity index (χ0n) is 21.9. The molecular weight excluding hydrogens is 531 g/mol. The van der Waals surface area contributed by atoms with Gasteiger partial charge in [-0.2, -0.15) is 0 Å². The van der Waals surface area contributed by atoms with Crippen molar-refractivity contribution >= 4 is 0 Å². The van der Waals surface area contributed by atoms with Crippen molar-refractivity contribution in [3.05, 3.63) is 0 Å². The monoisotopic (exact) mass is 588 g/mol. The van der Waals surface area contributed by atoms with Crippen LogP contribution in [0.3, 0.4) is 0 Å². The third kappa shape index (κ3) is 73.4. The van der Waals surface area contributed by atoms with Gasteiger partial charge in [-0.15, -0.1) is 0 Å². The van der Waals surface area contributed by atoms with E-state index in [-0.39, 0.29) is 25.8 Å². The van der Waals surface area contributed by atoms with E-state index in [4.69, 9.17) is 20.4 Å². The molecule has 0 rings (SSSR count). The fourth-order valence-electron chi connectivity index (χ4n) is 2.45. The second kappa shape index (κ2) is 20.6. The van der Waals surface area contributed by atoms with Crippen LogP contribution in [0.25, 0.3) is 0 Å². The zero-order valence-corrected chi connectivity index (χ0v) is 25.5. The summed E-state index contributed by atoms with van der Waals surface area (Å²) >= 11 is 0. The maximum absolute atomic E-state index is 9.02. The molecule has 0 aromatic carbocycles. The molecule has 0 radical (unpaired) electrons. The molecule has 0 aliphatic heterocycles. The fraction of sp³-hybridized carbons (Fsp3) is 1.00. The molecule has 0 unspecified atom stereocenters. The number of aliphatic hydroxyl groups is 4. The molecule has 0 saturated carbocycles. The Labute approximate surface area is 202 Å². The predicted molar refractivity (Wildman–Crippen MR) is 125 cm³/mol. The summed E-state index contributed by atoms with van der Waals surface area (Å²) in [5.41, 5.74) is -1.80.